The van der Waals surface area contributed by atoms with Gasteiger partial charge >= 0.3 is 0 Å². The number of anilines is 2. The molecule has 30 heavy (non-hydrogen) atoms. The highest BCUT2D eigenvalue weighted by molar-refractivity contribution is 6.32. The van der Waals surface area contributed by atoms with Crippen molar-refractivity contribution in [2.75, 3.05) is 17.3 Å². The summed E-state index contributed by atoms with van der Waals surface area (Å²) in [5.74, 6) is 0.486. The first-order valence-corrected chi connectivity index (χ1v) is 10.3. The normalized spacial score (nSPS) is 16.1. The van der Waals surface area contributed by atoms with Crippen molar-refractivity contribution in [2.24, 2.45) is 0 Å². The topological polar surface area (TPSA) is 41.6 Å². The van der Waals surface area contributed by atoms with Gasteiger partial charge in [0.2, 0.25) is 0 Å². The summed E-state index contributed by atoms with van der Waals surface area (Å²) in [5.41, 5.74) is 4.27. The Morgan fingerprint density at radius 2 is 1.67 bits per heavy atom. The lowest BCUT2D eigenvalue weighted by Crippen LogP contribution is -2.43. The van der Waals surface area contributed by atoms with Gasteiger partial charge in [0.15, 0.2) is 0 Å². The molecule has 3 aromatic rings. The molecule has 0 fully saturated rings. The Labute approximate surface area is 182 Å². The second-order valence-electron chi connectivity index (χ2n) is 8.43. The van der Waals surface area contributed by atoms with Crippen molar-refractivity contribution in [1.29, 1.82) is 0 Å². The smallest absolute Gasteiger partial charge is 0.262 e. The zero-order chi connectivity index (χ0) is 21.5. The van der Waals surface area contributed by atoms with Crippen molar-refractivity contribution in [3.05, 3.63) is 88.4 Å². The largest absolute Gasteiger partial charge is 0.495 e. The Morgan fingerprint density at radius 3 is 2.33 bits per heavy atom. The number of fused-ring (bicyclic) bond motifs is 1. The van der Waals surface area contributed by atoms with Crippen LogP contribution in [0.3, 0.4) is 0 Å². The first-order chi connectivity index (χ1) is 14.3. The average molecular weight is 421 g/mol. The Kier molecular flexibility index (Phi) is 5.20. The molecule has 1 N–H and O–H groups in total. The monoisotopic (exact) mass is 420 g/mol. The number of carbonyl (C=O) groups excluding carboxylic acids is 1. The van der Waals surface area contributed by atoms with Crippen LogP contribution < -0.4 is 15.0 Å². The Bertz CT molecular complexity index is 1090. The molecule has 1 aliphatic rings. The number of nitrogens with zero attached hydrogens (tertiary/aromatic N) is 1. The number of methoxy groups -OCH3 is 1. The molecule has 1 heterocycles. The fraction of sp³-hybridized carbons (Fsp3) is 0.240. The minimum absolute atomic E-state index is 0.0326. The van der Waals surface area contributed by atoms with Crippen molar-refractivity contribution >= 4 is 28.9 Å². The minimum Gasteiger partial charge on any atom is -0.495 e. The third-order valence-corrected chi connectivity index (χ3v) is 5.73. The van der Waals surface area contributed by atoms with E-state index in [4.69, 9.17) is 16.3 Å². The number of halogens is 1. The van der Waals surface area contributed by atoms with Gasteiger partial charge in [0.05, 0.1) is 17.7 Å². The molecule has 4 nitrogen and oxygen atoms in total. The van der Waals surface area contributed by atoms with Crippen LogP contribution in [0.25, 0.3) is 0 Å². The number of amides is 1. The zero-order valence-corrected chi connectivity index (χ0v) is 18.3. The first kappa shape index (κ1) is 20.3. The highest BCUT2D eigenvalue weighted by atomic mass is 35.5. The molecule has 1 aliphatic heterocycles. The van der Waals surface area contributed by atoms with Crippen LogP contribution in [0.4, 0.5) is 11.4 Å². The van der Waals surface area contributed by atoms with Crippen molar-refractivity contribution in [1.82, 2.24) is 0 Å². The fourth-order valence-corrected chi connectivity index (χ4v) is 4.07. The summed E-state index contributed by atoms with van der Waals surface area (Å²) < 4.78 is 5.59. The molecular formula is C25H25ClN2O2. The molecule has 1 amide bonds. The van der Waals surface area contributed by atoms with Gasteiger partial charge < -0.3 is 10.1 Å². The predicted molar refractivity (Wildman–Crippen MR) is 123 cm³/mol. The van der Waals surface area contributed by atoms with Crippen LogP contribution in [0.5, 0.6) is 5.75 Å². The highest BCUT2D eigenvalue weighted by Crippen LogP contribution is 2.42. The number of ether oxygens (including phenoxy) is 1. The molecule has 0 radical (unpaired) electrons. The molecule has 0 spiro atoms. The number of carbonyl (C=O) groups is 1. The number of rotatable bonds is 3. The lowest BCUT2D eigenvalue weighted by molar-refractivity contribution is 0.0974. The second-order valence-corrected chi connectivity index (χ2v) is 8.83. The van der Waals surface area contributed by atoms with Gasteiger partial charge in [-0.3, -0.25) is 9.69 Å². The Morgan fingerprint density at radius 1 is 0.967 bits per heavy atom. The second kappa shape index (κ2) is 7.69. The maximum absolute atomic E-state index is 13.6. The summed E-state index contributed by atoms with van der Waals surface area (Å²) in [6, 6.07) is 21.3. The molecule has 0 bridgehead atoms. The Balaban J connectivity index is 1.87. The van der Waals surface area contributed by atoms with E-state index < -0.39 is 6.17 Å². The lowest BCUT2D eigenvalue weighted by Gasteiger charge is -2.39. The van der Waals surface area contributed by atoms with Gasteiger partial charge in [-0.25, -0.2) is 0 Å². The van der Waals surface area contributed by atoms with Crippen LogP contribution in [-0.2, 0) is 5.41 Å². The van der Waals surface area contributed by atoms with Crippen molar-refractivity contribution in [2.45, 2.75) is 32.4 Å². The van der Waals surface area contributed by atoms with Gasteiger partial charge in [0, 0.05) is 16.9 Å². The SMILES string of the molecule is COc1c(Cl)cccc1C1Nc2ccccc2C(=O)N1c1ccc(C(C)(C)C)cc1. The van der Waals surface area contributed by atoms with Crippen LogP contribution in [-0.4, -0.2) is 13.0 Å². The molecule has 4 rings (SSSR count). The third kappa shape index (κ3) is 3.52. The van der Waals surface area contributed by atoms with Gasteiger partial charge in [-0.05, 0) is 41.3 Å². The number of para-hydroxylation sites is 2. The summed E-state index contributed by atoms with van der Waals surface area (Å²) in [6.45, 7) is 6.52. The molecule has 0 aromatic heterocycles. The van der Waals surface area contributed by atoms with Crippen LogP contribution in [0, 0.1) is 0 Å². The number of nitrogens with one attached hydrogen (secondary N) is 1. The van der Waals surface area contributed by atoms with E-state index in [2.05, 4.69) is 38.2 Å². The minimum atomic E-state index is -0.457. The quantitative estimate of drug-likeness (QED) is 0.531. The molecule has 0 saturated carbocycles. The number of hydrogen-bond acceptors (Lipinski definition) is 3. The maximum atomic E-state index is 13.6. The van der Waals surface area contributed by atoms with Crippen molar-refractivity contribution in [3.63, 3.8) is 0 Å². The van der Waals surface area contributed by atoms with Crippen LogP contribution in [0.2, 0.25) is 5.02 Å². The van der Waals surface area contributed by atoms with Gasteiger partial charge in [-0.2, -0.15) is 0 Å². The first-order valence-electron chi connectivity index (χ1n) is 9.93. The van der Waals surface area contributed by atoms with E-state index in [0.717, 1.165) is 16.9 Å². The molecule has 1 unspecified atom stereocenters. The third-order valence-electron chi connectivity index (χ3n) is 5.43. The van der Waals surface area contributed by atoms with E-state index in [0.29, 0.717) is 16.3 Å². The lowest BCUT2D eigenvalue weighted by atomic mass is 9.87. The van der Waals surface area contributed by atoms with Crippen LogP contribution >= 0.6 is 11.6 Å². The van der Waals surface area contributed by atoms with Gasteiger partial charge in [-0.15, -0.1) is 0 Å². The molecule has 1 atom stereocenters. The van der Waals surface area contributed by atoms with E-state index in [1.165, 1.54) is 5.56 Å². The molecule has 3 aromatic carbocycles. The summed E-state index contributed by atoms with van der Waals surface area (Å²) in [4.78, 5) is 15.3. The Hall–Kier alpha value is -2.98. The van der Waals surface area contributed by atoms with Gasteiger partial charge in [0.1, 0.15) is 11.9 Å². The van der Waals surface area contributed by atoms with Crippen molar-refractivity contribution < 1.29 is 9.53 Å². The molecular weight excluding hydrogens is 396 g/mol. The summed E-state index contributed by atoms with van der Waals surface area (Å²) in [7, 11) is 1.59. The predicted octanol–water partition coefficient (Wildman–Crippen LogP) is 6.42. The summed E-state index contributed by atoms with van der Waals surface area (Å²) in [6.07, 6.45) is -0.457. The van der Waals surface area contributed by atoms with E-state index >= 15 is 0 Å². The van der Waals surface area contributed by atoms with Gasteiger partial charge in [0.25, 0.3) is 5.91 Å². The average Bonchev–Trinajstić information content (AvgIpc) is 2.73. The van der Waals surface area contributed by atoms with Gasteiger partial charge in [-0.1, -0.05) is 68.8 Å². The molecule has 0 saturated heterocycles. The molecule has 0 aliphatic carbocycles. The summed E-state index contributed by atoms with van der Waals surface area (Å²) >= 11 is 6.39. The number of benzene rings is 3. The van der Waals surface area contributed by atoms with E-state index in [1.807, 2.05) is 48.5 Å². The van der Waals surface area contributed by atoms with Crippen LogP contribution in [0.1, 0.15) is 48.4 Å². The fourth-order valence-electron chi connectivity index (χ4n) is 3.82. The molecule has 154 valence electrons. The van der Waals surface area contributed by atoms with E-state index in [9.17, 15) is 4.79 Å². The van der Waals surface area contributed by atoms with E-state index in [-0.39, 0.29) is 11.3 Å². The zero-order valence-electron chi connectivity index (χ0n) is 17.6. The number of hydrogen-bond donors (Lipinski definition) is 1. The highest BCUT2D eigenvalue weighted by Gasteiger charge is 2.36. The molecule has 5 heteroatoms. The van der Waals surface area contributed by atoms with Crippen LogP contribution in [0.15, 0.2) is 66.7 Å². The summed E-state index contributed by atoms with van der Waals surface area (Å²) in [5, 5.41) is 4.01. The standard InChI is InChI=1S/C25H25ClN2O2/c1-25(2,3)16-12-14-17(15-13-16)28-23(19-9-7-10-20(26)22(19)30-4)27-21-11-6-5-8-18(21)24(28)29/h5-15,23,27H,1-4H3. The van der Waals surface area contributed by atoms with E-state index in [1.54, 1.807) is 18.1 Å². The van der Waals surface area contributed by atoms with Crippen molar-refractivity contribution in [3.8, 4) is 5.75 Å². The maximum Gasteiger partial charge on any atom is 0.262 e.